The van der Waals surface area contributed by atoms with Crippen LogP contribution in [0, 0.1) is 23.2 Å². The van der Waals surface area contributed by atoms with Crippen LogP contribution in [0.15, 0.2) is 18.2 Å². The topological polar surface area (TPSA) is 70.3 Å². The van der Waals surface area contributed by atoms with Crippen molar-refractivity contribution in [3.8, 4) is 23.7 Å². The predicted molar refractivity (Wildman–Crippen MR) is 51.7 cm³/mol. The molecule has 0 unspecified atom stereocenters. The zero-order valence-corrected chi connectivity index (χ0v) is 7.94. The minimum absolute atomic E-state index is 0.110. The SMILES string of the molecule is COC(=O)C#Cc1ccc(O)c(C#N)c1. The minimum atomic E-state index is -0.651. The van der Waals surface area contributed by atoms with E-state index in [1.165, 1.54) is 25.3 Å². The Morgan fingerprint density at radius 3 is 2.87 bits per heavy atom. The zero-order chi connectivity index (χ0) is 11.3. The van der Waals surface area contributed by atoms with E-state index < -0.39 is 5.97 Å². The van der Waals surface area contributed by atoms with E-state index in [1.807, 2.05) is 0 Å². The Labute approximate surface area is 86.7 Å². The number of carbonyl (C=O) groups is 1. The van der Waals surface area contributed by atoms with Gasteiger partial charge < -0.3 is 9.84 Å². The maximum Gasteiger partial charge on any atom is 0.384 e. The number of ether oxygens (including phenoxy) is 1. The molecule has 0 radical (unpaired) electrons. The van der Waals surface area contributed by atoms with Crippen LogP contribution in [-0.2, 0) is 9.53 Å². The fraction of sp³-hybridized carbons (Fsp3) is 0.0909. The third-order valence-electron chi connectivity index (χ3n) is 1.61. The summed E-state index contributed by atoms with van der Waals surface area (Å²) in [5.74, 6) is 3.97. The smallest absolute Gasteiger partial charge is 0.384 e. The number of phenolic OH excluding ortho intramolecular Hbond substituents is 1. The lowest BCUT2D eigenvalue weighted by Gasteiger charge is -1.95. The van der Waals surface area contributed by atoms with Gasteiger partial charge in [0.25, 0.3) is 0 Å². The highest BCUT2D eigenvalue weighted by atomic mass is 16.5. The molecule has 1 aromatic rings. The van der Waals surface area contributed by atoms with E-state index in [2.05, 4.69) is 16.6 Å². The molecule has 1 N–H and O–H groups in total. The van der Waals surface area contributed by atoms with E-state index >= 15 is 0 Å². The average Bonchev–Trinajstić information content (AvgIpc) is 2.27. The van der Waals surface area contributed by atoms with E-state index in [-0.39, 0.29) is 11.3 Å². The molecule has 0 spiro atoms. The monoisotopic (exact) mass is 201 g/mol. The van der Waals surface area contributed by atoms with Crippen molar-refractivity contribution < 1.29 is 14.6 Å². The molecule has 0 aliphatic carbocycles. The van der Waals surface area contributed by atoms with Crippen LogP contribution < -0.4 is 0 Å². The zero-order valence-electron chi connectivity index (χ0n) is 7.94. The Bertz CT molecular complexity index is 489. The van der Waals surface area contributed by atoms with Crippen molar-refractivity contribution in [3.63, 3.8) is 0 Å². The number of hydrogen-bond donors (Lipinski definition) is 1. The number of methoxy groups -OCH3 is 1. The molecule has 0 aliphatic heterocycles. The Hall–Kier alpha value is -2.46. The predicted octanol–water partition coefficient (Wildman–Crippen LogP) is 0.788. The molecule has 0 amide bonds. The highest BCUT2D eigenvalue weighted by molar-refractivity contribution is 5.89. The van der Waals surface area contributed by atoms with Crippen LogP contribution in [0.4, 0.5) is 0 Å². The molecular weight excluding hydrogens is 194 g/mol. The first kappa shape index (κ1) is 10.6. The molecule has 0 bridgehead atoms. The number of benzene rings is 1. The number of carbonyl (C=O) groups excluding carboxylic acids is 1. The van der Waals surface area contributed by atoms with Crippen molar-refractivity contribution in [1.82, 2.24) is 0 Å². The summed E-state index contributed by atoms with van der Waals surface area (Å²) in [6.07, 6.45) is 0. The molecule has 1 rings (SSSR count). The van der Waals surface area contributed by atoms with Crippen LogP contribution >= 0.6 is 0 Å². The Kier molecular flexibility index (Phi) is 3.32. The Morgan fingerprint density at radius 2 is 2.27 bits per heavy atom. The van der Waals surface area contributed by atoms with E-state index in [1.54, 1.807) is 6.07 Å². The molecule has 0 saturated heterocycles. The number of hydrogen-bond acceptors (Lipinski definition) is 4. The van der Waals surface area contributed by atoms with Gasteiger partial charge in [-0.2, -0.15) is 5.26 Å². The summed E-state index contributed by atoms with van der Waals surface area (Å²) >= 11 is 0. The summed E-state index contributed by atoms with van der Waals surface area (Å²) < 4.78 is 4.33. The molecule has 0 aliphatic rings. The first-order chi connectivity index (χ1) is 7.17. The number of esters is 1. The molecule has 0 saturated carbocycles. The second-order valence-corrected chi connectivity index (χ2v) is 2.59. The van der Waals surface area contributed by atoms with Crippen LogP contribution in [-0.4, -0.2) is 18.2 Å². The molecule has 0 atom stereocenters. The second kappa shape index (κ2) is 4.69. The van der Waals surface area contributed by atoms with Gasteiger partial charge in [0.2, 0.25) is 0 Å². The molecule has 0 heterocycles. The Balaban J connectivity index is 3.02. The van der Waals surface area contributed by atoms with Gasteiger partial charge in [-0.3, -0.25) is 0 Å². The van der Waals surface area contributed by atoms with Gasteiger partial charge in [0.15, 0.2) is 0 Å². The highest BCUT2D eigenvalue weighted by Gasteiger charge is 1.99. The van der Waals surface area contributed by atoms with Gasteiger partial charge in [-0.15, -0.1) is 0 Å². The standard InChI is InChI=1S/C11H7NO3/c1-15-11(14)5-3-8-2-4-10(13)9(6-8)7-12/h2,4,6,13H,1H3. The minimum Gasteiger partial charge on any atom is -0.507 e. The summed E-state index contributed by atoms with van der Waals surface area (Å²) in [7, 11) is 1.23. The van der Waals surface area contributed by atoms with Crippen LogP contribution in [0.2, 0.25) is 0 Å². The van der Waals surface area contributed by atoms with Gasteiger partial charge in [-0.05, 0) is 18.2 Å². The first-order valence-electron chi connectivity index (χ1n) is 4.00. The lowest BCUT2D eigenvalue weighted by Crippen LogP contribution is -1.94. The summed E-state index contributed by atoms with van der Waals surface area (Å²) in [6.45, 7) is 0. The molecule has 74 valence electrons. The maximum absolute atomic E-state index is 10.7. The van der Waals surface area contributed by atoms with Crippen LogP contribution in [0.3, 0.4) is 0 Å². The summed E-state index contributed by atoms with van der Waals surface area (Å²) in [5.41, 5.74) is 0.585. The molecule has 4 heteroatoms. The van der Waals surface area contributed by atoms with Crippen LogP contribution in [0.25, 0.3) is 0 Å². The quantitative estimate of drug-likeness (QED) is 0.497. The third-order valence-corrected chi connectivity index (χ3v) is 1.61. The number of rotatable bonds is 0. The summed E-state index contributed by atoms with van der Waals surface area (Å²) in [4.78, 5) is 10.7. The fourth-order valence-electron chi connectivity index (χ4n) is 0.878. The maximum atomic E-state index is 10.7. The van der Waals surface area contributed by atoms with E-state index in [0.29, 0.717) is 5.56 Å². The molecule has 0 fully saturated rings. The number of nitriles is 1. The number of aromatic hydroxyl groups is 1. The van der Waals surface area contributed by atoms with Gasteiger partial charge in [-0.1, -0.05) is 5.92 Å². The molecule has 1 aromatic carbocycles. The van der Waals surface area contributed by atoms with Crippen molar-refractivity contribution in [2.45, 2.75) is 0 Å². The highest BCUT2D eigenvalue weighted by Crippen LogP contribution is 2.16. The van der Waals surface area contributed by atoms with Crippen molar-refractivity contribution in [2.24, 2.45) is 0 Å². The lowest BCUT2D eigenvalue weighted by molar-refractivity contribution is -0.133. The summed E-state index contributed by atoms with van der Waals surface area (Å²) in [5, 5.41) is 17.8. The normalized spacial score (nSPS) is 8.27. The van der Waals surface area contributed by atoms with Crippen molar-refractivity contribution in [2.75, 3.05) is 7.11 Å². The van der Waals surface area contributed by atoms with Gasteiger partial charge in [0.05, 0.1) is 12.7 Å². The molecule has 0 aromatic heterocycles. The van der Waals surface area contributed by atoms with Gasteiger partial charge in [0.1, 0.15) is 11.8 Å². The number of phenols is 1. The van der Waals surface area contributed by atoms with Crippen LogP contribution in [0.1, 0.15) is 11.1 Å². The lowest BCUT2D eigenvalue weighted by atomic mass is 10.1. The summed E-state index contributed by atoms with van der Waals surface area (Å²) in [6, 6.07) is 6.05. The first-order valence-corrected chi connectivity index (χ1v) is 4.00. The van der Waals surface area contributed by atoms with E-state index in [9.17, 15) is 9.90 Å². The fourth-order valence-corrected chi connectivity index (χ4v) is 0.878. The van der Waals surface area contributed by atoms with E-state index in [4.69, 9.17) is 5.26 Å². The number of nitrogens with zero attached hydrogens (tertiary/aromatic N) is 1. The second-order valence-electron chi connectivity index (χ2n) is 2.59. The molecular formula is C11H7NO3. The molecule has 4 nitrogen and oxygen atoms in total. The van der Waals surface area contributed by atoms with Crippen molar-refractivity contribution in [3.05, 3.63) is 29.3 Å². The third kappa shape index (κ3) is 2.75. The Morgan fingerprint density at radius 1 is 1.53 bits per heavy atom. The van der Waals surface area contributed by atoms with E-state index in [0.717, 1.165) is 0 Å². The van der Waals surface area contributed by atoms with Gasteiger partial charge in [0, 0.05) is 11.5 Å². The average molecular weight is 201 g/mol. The van der Waals surface area contributed by atoms with Gasteiger partial charge >= 0.3 is 5.97 Å². The largest absolute Gasteiger partial charge is 0.507 e. The van der Waals surface area contributed by atoms with Crippen LogP contribution in [0.5, 0.6) is 5.75 Å². The molecule has 15 heavy (non-hydrogen) atoms. The van der Waals surface area contributed by atoms with Gasteiger partial charge in [-0.25, -0.2) is 4.79 Å². The van der Waals surface area contributed by atoms with Crippen molar-refractivity contribution in [1.29, 1.82) is 5.26 Å². The van der Waals surface area contributed by atoms with Crippen molar-refractivity contribution >= 4 is 5.97 Å².